The van der Waals surface area contributed by atoms with Crippen LogP contribution in [0, 0.1) is 11.3 Å². The number of pyridine rings is 3. The van der Waals surface area contributed by atoms with Gasteiger partial charge >= 0.3 is 0 Å². The van der Waals surface area contributed by atoms with Crippen LogP contribution in [0.3, 0.4) is 0 Å². The van der Waals surface area contributed by atoms with Gasteiger partial charge in [-0.25, -0.2) is 14.5 Å². The van der Waals surface area contributed by atoms with E-state index in [1.165, 1.54) is 6.20 Å². The Labute approximate surface area is 219 Å². The van der Waals surface area contributed by atoms with Gasteiger partial charge in [-0.2, -0.15) is 10.4 Å². The molecule has 1 fully saturated rings. The highest BCUT2D eigenvalue weighted by molar-refractivity contribution is 6.33. The first-order valence-electron chi connectivity index (χ1n) is 12.1. The summed E-state index contributed by atoms with van der Waals surface area (Å²) in [6.07, 6.45) is 8.43. The van der Waals surface area contributed by atoms with Crippen LogP contribution in [-0.2, 0) is 0 Å². The first kappa shape index (κ1) is 24.8. The third-order valence-corrected chi connectivity index (χ3v) is 6.43. The summed E-state index contributed by atoms with van der Waals surface area (Å²) < 4.78 is 13.4. The Kier molecular flexibility index (Phi) is 6.87. The fourth-order valence-electron chi connectivity index (χ4n) is 4.31. The monoisotopic (exact) mass is 518 g/mol. The van der Waals surface area contributed by atoms with E-state index in [1.807, 2.05) is 24.3 Å². The molecule has 9 nitrogen and oxygen atoms in total. The number of fused-ring (bicyclic) bond motifs is 1. The van der Waals surface area contributed by atoms with Crippen molar-refractivity contribution in [2.75, 3.05) is 24.6 Å². The van der Waals surface area contributed by atoms with Crippen molar-refractivity contribution < 1.29 is 14.6 Å². The third kappa shape index (κ3) is 5.61. The summed E-state index contributed by atoms with van der Waals surface area (Å²) in [6.45, 7) is 5.00. The number of ether oxygens (including phenoxy) is 2. The predicted octanol–water partition coefficient (Wildman–Crippen LogP) is 4.51. The van der Waals surface area contributed by atoms with Gasteiger partial charge in [0.25, 0.3) is 0 Å². The van der Waals surface area contributed by atoms with Crippen molar-refractivity contribution in [3.8, 4) is 28.8 Å². The molecule has 5 heterocycles. The molecule has 1 aliphatic heterocycles. The summed E-state index contributed by atoms with van der Waals surface area (Å²) in [5, 5.41) is 24.5. The van der Waals surface area contributed by atoms with E-state index in [-0.39, 0.29) is 12.7 Å². The van der Waals surface area contributed by atoms with E-state index in [4.69, 9.17) is 26.1 Å². The molecule has 1 N–H and O–H groups in total. The number of rotatable bonds is 7. The van der Waals surface area contributed by atoms with Crippen LogP contribution in [0.15, 0.2) is 55.1 Å². The van der Waals surface area contributed by atoms with E-state index in [0.717, 1.165) is 31.7 Å². The van der Waals surface area contributed by atoms with Crippen LogP contribution in [-0.4, -0.2) is 56.1 Å². The van der Waals surface area contributed by atoms with Crippen molar-refractivity contribution >= 4 is 22.9 Å². The topological polar surface area (TPSA) is 109 Å². The van der Waals surface area contributed by atoms with Crippen LogP contribution < -0.4 is 14.4 Å². The number of piperidine rings is 1. The zero-order chi connectivity index (χ0) is 26.0. The number of hydrogen-bond donors (Lipinski definition) is 1. The van der Waals surface area contributed by atoms with Gasteiger partial charge in [0.1, 0.15) is 30.3 Å². The molecule has 0 aromatic carbocycles. The molecule has 4 aromatic rings. The smallest absolute Gasteiger partial charge is 0.213 e. The Hall–Kier alpha value is -3.87. The van der Waals surface area contributed by atoms with Crippen molar-refractivity contribution in [3.05, 3.63) is 65.7 Å². The number of nitrogens with zero attached hydrogens (tertiary/aromatic N) is 6. The van der Waals surface area contributed by atoms with E-state index in [0.29, 0.717) is 38.9 Å². The standard InChI is InChI=1S/C27H27ClN6O3/c1-27(2,35)17-36-20-11-21(26-18(13-29)14-32-34(26)16-20)22-15-31-24(12-23(22)28)33-9-6-19(7-10-33)37-25-5-3-4-8-30-25/h3-5,8,11-12,14-16,19,35H,6-7,9-10,17H2,1-2H3. The lowest BCUT2D eigenvalue weighted by Crippen LogP contribution is -2.38. The number of halogens is 1. The third-order valence-electron chi connectivity index (χ3n) is 6.12. The van der Waals surface area contributed by atoms with Crippen molar-refractivity contribution in [1.82, 2.24) is 19.6 Å². The molecule has 0 aliphatic carbocycles. The quantitative estimate of drug-likeness (QED) is 0.380. The number of anilines is 1. The van der Waals surface area contributed by atoms with Gasteiger partial charge in [0.2, 0.25) is 5.88 Å². The van der Waals surface area contributed by atoms with Crippen LogP contribution in [0.5, 0.6) is 11.6 Å². The van der Waals surface area contributed by atoms with Gasteiger partial charge in [-0.1, -0.05) is 17.7 Å². The fourth-order valence-corrected chi connectivity index (χ4v) is 4.55. The van der Waals surface area contributed by atoms with Gasteiger partial charge in [0.05, 0.1) is 34.1 Å². The molecule has 0 amide bonds. The molecule has 5 rings (SSSR count). The second kappa shape index (κ2) is 10.2. The highest BCUT2D eigenvalue weighted by atomic mass is 35.5. The normalized spacial score (nSPS) is 14.5. The summed E-state index contributed by atoms with van der Waals surface area (Å²) in [7, 11) is 0. The highest BCUT2D eigenvalue weighted by Crippen LogP contribution is 2.36. The van der Waals surface area contributed by atoms with Gasteiger partial charge in [0.15, 0.2) is 0 Å². The van der Waals surface area contributed by atoms with Gasteiger partial charge in [0, 0.05) is 55.5 Å². The Bertz CT molecular complexity index is 1440. The van der Waals surface area contributed by atoms with Crippen LogP contribution in [0.4, 0.5) is 5.82 Å². The van der Waals surface area contributed by atoms with E-state index >= 15 is 0 Å². The molecular weight excluding hydrogens is 492 g/mol. The van der Waals surface area contributed by atoms with E-state index in [2.05, 4.69) is 21.1 Å². The Morgan fingerprint density at radius 2 is 1.97 bits per heavy atom. The van der Waals surface area contributed by atoms with Crippen LogP contribution in [0.2, 0.25) is 5.02 Å². The average Bonchev–Trinajstić information content (AvgIpc) is 3.31. The Morgan fingerprint density at radius 1 is 1.16 bits per heavy atom. The fraction of sp³-hybridized carbons (Fsp3) is 0.333. The highest BCUT2D eigenvalue weighted by Gasteiger charge is 2.23. The summed E-state index contributed by atoms with van der Waals surface area (Å²) in [4.78, 5) is 11.1. The zero-order valence-electron chi connectivity index (χ0n) is 20.6. The zero-order valence-corrected chi connectivity index (χ0v) is 21.4. The minimum Gasteiger partial charge on any atom is -0.489 e. The van der Waals surface area contributed by atoms with Crippen LogP contribution in [0.1, 0.15) is 32.3 Å². The summed E-state index contributed by atoms with van der Waals surface area (Å²) >= 11 is 6.79. The molecule has 0 unspecified atom stereocenters. The number of aliphatic hydroxyl groups is 1. The Morgan fingerprint density at radius 3 is 2.65 bits per heavy atom. The van der Waals surface area contributed by atoms with Gasteiger partial charge < -0.3 is 19.5 Å². The van der Waals surface area contributed by atoms with Crippen molar-refractivity contribution in [3.63, 3.8) is 0 Å². The van der Waals surface area contributed by atoms with Gasteiger partial charge in [-0.05, 0) is 32.0 Å². The minimum atomic E-state index is -1.01. The van der Waals surface area contributed by atoms with Gasteiger partial charge in [-0.3, -0.25) is 0 Å². The van der Waals surface area contributed by atoms with E-state index in [9.17, 15) is 10.4 Å². The molecule has 1 saturated heterocycles. The molecule has 0 spiro atoms. The maximum absolute atomic E-state index is 10.1. The largest absolute Gasteiger partial charge is 0.489 e. The van der Waals surface area contributed by atoms with Gasteiger partial charge in [-0.15, -0.1) is 0 Å². The lowest BCUT2D eigenvalue weighted by Gasteiger charge is -2.32. The minimum absolute atomic E-state index is 0.0925. The molecule has 0 bridgehead atoms. The van der Waals surface area contributed by atoms with Crippen LogP contribution in [0.25, 0.3) is 16.6 Å². The van der Waals surface area contributed by atoms with Crippen molar-refractivity contribution in [2.45, 2.75) is 38.4 Å². The molecule has 0 atom stereocenters. The first-order chi connectivity index (χ1) is 17.8. The second-order valence-electron chi connectivity index (χ2n) is 9.65. The lowest BCUT2D eigenvalue weighted by molar-refractivity contribution is 0.0283. The number of nitriles is 1. The van der Waals surface area contributed by atoms with E-state index in [1.54, 1.807) is 43.0 Å². The summed E-state index contributed by atoms with van der Waals surface area (Å²) in [6, 6.07) is 11.5. The SMILES string of the molecule is CC(C)(O)COc1cc(-c2cnc(N3CCC(Oc4ccccn4)CC3)cc2Cl)c2c(C#N)cnn2c1. The molecular formula is C27H27ClN6O3. The Balaban J connectivity index is 1.38. The predicted molar refractivity (Wildman–Crippen MR) is 140 cm³/mol. The molecule has 190 valence electrons. The van der Waals surface area contributed by atoms with Crippen molar-refractivity contribution in [2.24, 2.45) is 0 Å². The second-order valence-corrected chi connectivity index (χ2v) is 10.1. The van der Waals surface area contributed by atoms with Crippen LogP contribution >= 0.6 is 11.6 Å². The molecule has 0 saturated carbocycles. The summed E-state index contributed by atoms with van der Waals surface area (Å²) in [5.41, 5.74) is 1.36. The maximum Gasteiger partial charge on any atom is 0.213 e. The number of aromatic nitrogens is 4. The molecule has 4 aromatic heterocycles. The molecule has 0 radical (unpaired) electrons. The maximum atomic E-state index is 10.1. The summed E-state index contributed by atoms with van der Waals surface area (Å²) in [5.74, 6) is 1.92. The first-order valence-corrected chi connectivity index (χ1v) is 12.4. The molecule has 37 heavy (non-hydrogen) atoms. The average molecular weight is 519 g/mol. The molecule has 10 heteroatoms. The van der Waals surface area contributed by atoms with E-state index < -0.39 is 5.60 Å². The number of hydrogen-bond acceptors (Lipinski definition) is 8. The molecule has 1 aliphatic rings. The van der Waals surface area contributed by atoms with Crippen molar-refractivity contribution in [1.29, 1.82) is 5.26 Å². The lowest BCUT2D eigenvalue weighted by atomic mass is 10.0.